The van der Waals surface area contributed by atoms with Crippen molar-refractivity contribution in [2.45, 2.75) is 44.5 Å². The molecule has 0 saturated carbocycles. The summed E-state index contributed by atoms with van der Waals surface area (Å²) in [5.74, 6) is 1.45. The molecular formula is C23H23FN6O2S. The fourth-order valence-electron chi connectivity index (χ4n) is 3.43. The molecule has 4 aromatic rings. The van der Waals surface area contributed by atoms with Gasteiger partial charge in [0.15, 0.2) is 11.6 Å². The highest BCUT2D eigenvalue weighted by atomic mass is 32.2. The molecular weight excluding hydrogens is 443 g/mol. The first-order chi connectivity index (χ1) is 15.9. The van der Waals surface area contributed by atoms with Gasteiger partial charge < -0.3 is 9.84 Å². The Morgan fingerprint density at radius 2 is 1.85 bits per heavy atom. The highest BCUT2D eigenvalue weighted by Gasteiger charge is 2.13. The van der Waals surface area contributed by atoms with E-state index in [4.69, 9.17) is 4.52 Å². The lowest BCUT2D eigenvalue weighted by Crippen LogP contribution is -2.14. The molecule has 0 bridgehead atoms. The van der Waals surface area contributed by atoms with Crippen molar-refractivity contribution in [2.75, 3.05) is 5.32 Å². The van der Waals surface area contributed by atoms with Crippen molar-refractivity contribution in [3.8, 4) is 11.4 Å². The molecule has 0 aliphatic heterocycles. The molecule has 0 atom stereocenters. The summed E-state index contributed by atoms with van der Waals surface area (Å²) in [5, 5.41) is 14.4. The Balaban J connectivity index is 1.27. The van der Waals surface area contributed by atoms with Crippen molar-refractivity contribution < 1.29 is 13.7 Å². The van der Waals surface area contributed by atoms with Crippen LogP contribution in [-0.4, -0.2) is 31.2 Å². The van der Waals surface area contributed by atoms with E-state index in [0.29, 0.717) is 34.9 Å². The monoisotopic (exact) mass is 466 g/mol. The third kappa shape index (κ3) is 5.83. The molecule has 33 heavy (non-hydrogen) atoms. The first kappa shape index (κ1) is 22.7. The summed E-state index contributed by atoms with van der Waals surface area (Å²) >= 11 is 1.34. The molecule has 2 aromatic carbocycles. The van der Waals surface area contributed by atoms with Crippen molar-refractivity contribution in [3.05, 3.63) is 70.6 Å². The number of hydrogen-bond acceptors (Lipinski definition) is 7. The summed E-state index contributed by atoms with van der Waals surface area (Å²) in [6.45, 7) is 5.99. The number of hydrogen-bond donors (Lipinski definition) is 2. The van der Waals surface area contributed by atoms with Gasteiger partial charge >= 0.3 is 0 Å². The fourth-order valence-corrected chi connectivity index (χ4v) is 4.07. The molecule has 8 nitrogen and oxygen atoms in total. The van der Waals surface area contributed by atoms with Gasteiger partial charge in [-0.05, 0) is 56.2 Å². The van der Waals surface area contributed by atoms with Crippen LogP contribution in [0.1, 0.15) is 34.8 Å². The van der Waals surface area contributed by atoms with E-state index in [1.807, 2.05) is 32.9 Å². The SMILES string of the molecule is Cc1cc(C)c(NC(=O)CCc2nc(CSc3n[nH]c(-c4ccc(F)cc4)n3)no2)c(C)c1. The maximum absolute atomic E-state index is 13.1. The molecule has 0 radical (unpaired) electrons. The Kier molecular flexibility index (Phi) is 6.83. The second kappa shape index (κ2) is 9.95. The summed E-state index contributed by atoms with van der Waals surface area (Å²) in [7, 11) is 0. The minimum atomic E-state index is -0.307. The lowest BCUT2D eigenvalue weighted by molar-refractivity contribution is -0.116. The van der Waals surface area contributed by atoms with Crippen LogP contribution in [0.15, 0.2) is 46.1 Å². The second-order valence-corrected chi connectivity index (χ2v) is 8.63. The van der Waals surface area contributed by atoms with Crippen LogP contribution in [0.5, 0.6) is 0 Å². The number of rotatable bonds is 8. The van der Waals surface area contributed by atoms with Crippen LogP contribution < -0.4 is 5.32 Å². The Morgan fingerprint density at radius 1 is 1.12 bits per heavy atom. The van der Waals surface area contributed by atoms with Crippen LogP contribution in [0.3, 0.4) is 0 Å². The average Bonchev–Trinajstić information content (AvgIpc) is 3.43. The zero-order valence-electron chi connectivity index (χ0n) is 18.5. The van der Waals surface area contributed by atoms with E-state index in [2.05, 4.69) is 30.6 Å². The maximum atomic E-state index is 13.1. The van der Waals surface area contributed by atoms with Gasteiger partial charge in [-0.25, -0.2) is 9.37 Å². The van der Waals surface area contributed by atoms with Crippen molar-refractivity contribution in [2.24, 2.45) is 0 Å². The summed E-state index contributed by atoms with van der Waals surface area (Å²) in [6.07, 6.45) is 0.590. The summed E-state index contributed by atoms with van der Waals surface area (Å²) < 4.78 is 18.3. The first-order valence-electron chi connectivity index (χ1n) is 10.4. The minimum Gasteiger partial charge on any atom is -0.339 e. The molecule has 0 saturated heterocycles. The van der Waals surface area contributed by atoms with Crippen LogP contribution >= 0.6 is 11.8 Å². The van der Waals surface area contributed by atoms with Gasteiger partial charge in [-0.15, -0.1) is 5.10 Å². The normalized spacial score (nSPS) is 11.0. The van der Waals surface area contributed by atoms with Crippen molar-refractivity contribution in [1.29, 1.82) is 0 Å². The topological polar surface area (TPSA) is 110 Å². The summed E-state index contributed by atoms with van der Waals surface area (Å²) in [5.41, 5.74) is 4.82. The molecule has 0 spiro atoms. The smallest absolute Gasteiger partial charge is 0.227 e. The number of aryl methyl sites for hydroxylation is 4. The molecule has 0 aliphatic carbocycles. The lowest BCUT2D eigenvalue weighted by Gasteiger charge is -2.12. The van der Waals surface area contributed by atoms with Gasteiger partial charge in [0.1, 0.15) is 5.82 Å². The van der Waals surface area contributed by atoms with E-state index in [-0.39, 0.29) is 18.1 Å². The number of nitrogens with zero attached hydrogens (tertiary/aromatic N) is 4. The van der Waals surface area contributed by atoms with Crippen LogP contribution in [0.2, 0.25) is 0 Å². The molecule has 170 valence electrons. The zero-order chi connectivity index (χ0) is 23.4. The van der Waals surface area contributed by atoms with Crippen LogP contribution in [0.25, 0.3) is 11.4 Å². The van der Waals surface area contributed by atoms with Crippen molar-refractivity contribution >= 4 is 23.4 Å². The largest absolute Gasteiger partial charge is 0.339 e. The molecule has 10 heteroatoms. The number of aromatic nitrogens is 5. The predicted octanol–water partition coefficient (Wildman–Crippen LogP) is 4.78. The summed E-state index contributed by atoms with van der Waals surface area (Å²) in [4.78, 5) is 21.1. The minimum absolute atomic E-state index is 0.103. The van der Waals surface area contributed by atoms with Gasteiger partial charge in [0.2, 0.25) is 17.0 Å². The number of carbonyl (C=O) groups is 1. The lowest BCUT2D eigenvalue weighted by atomic mass is 10.0. The quantitative estimate of drug-likeness (QED) is 0.360. The number of halogens is 1. The molecule has 2 heterocycles. The van der Waals surface area contributed by atoms with E-state index in [1.54, 1.807) is 12.1 Å². The molecule has 0 fully saturated rings. The van der Waals surface area contributed by atoms with E-state index >= 15 is 0 Å². The standard InChI is InChI=1S/C23H23FN6O2S/c1-13-10-14(2)21(15(3)11-13)26-19(31)8-9-20-25-18(30-32-20)12-33-23-27-22(28-29-23)16-4-6-17(24)7-5-16/h4-7,10-11H,8-9,12H2,1-3H3,(H,26,31)(H,27,28,29). The van der Waals surface area contributed by atoms with Gasteiger partial charge in [0, 0.05) is 24.1 Å². The summed E-state index contributed by atoms with van der Waals surface area (Å²) in [6, 6.07) is 10.1. The number of carbonyl (C=O) groups excluding carboxylic acids is 1. The van der Waals surface area contributed by atoms with E-state index in [0.717, 1.165) is 27.9 Å². The fraction of sp³-hybridized carbons (Fsp3) is 0.261. The van der Waals surface area contributed by atoms with E-state index in [9.17, 15) is 9.18 Å². The molecule has 2 N–H and O–H groups in total. The van der Waals surface area contributed by atoms with Crippen LogP contribution in [-0.2, 0) is 17.0 Å². The van der Waals surface area contributed by atoms with Gasteiger partial charge in [-0.2, -0.15) is 4.98 Å². The van der Waals surface area contributed by atoms with Gasteiger partial charge in [0.05, 0.1) is 5.75 Å². The zero-order valence-corrected chi connectivity index (χ0v) is 19.3. The number of amides is 1. The number of anilines is 1. The third-order valence-corrected chi connectivity index (χ3v) is 5.77. The molecule has 2 aromatic heterocycles. The molecule has 0 aliphatic rings. The van der Waals surface area contributed by atoms with Gasteiger partial charge in [-0.1, -0.05) is 34.6 Å². The van der Waals surface area contributed by atoms with E-state index < -0.39 is 0 Å². The van der Waals surface area contributed by atoms with Crippen LogP contribution in [0.4, 0.5) is 10.1 Å². The number of H-pyrrole nitrogens is 1. The van der Waals surface area contributed by atoms with Gasteiger partial charge in [-0.3, -0.25) is 9.89 Å². The highest BCUT2D eigenvalue weighted by molar-refractivity contribution is 7.98. The number of thioether (sulfide) groups is 1. The molecule has 4 rings (SSSR count). The Morgan fingerprint density at radius 3 is 2.58 bits per heavy atom. The van der Waals surface area contributed by atoms with Gasteiger partial charge in [0.25, 0.3) is 0 Å². The van der Waals surface area contributed by atoms with Crippen molar-refractivity contribution in [3.63, 3.8) is 0 Å². The van der Waals surface area contributed by atoms with Crippen LogP contribution in [0, 0.1) is 26.6 Å². The Bertz CT molecular complexity index is 1250. The first-order valence-corrected chi connectivity index (χ1v) is 11.4. The number of nitrogens with one attached hydrogen (secondary N) is 2. The third-order valence-electron chi connectivity index (χ3n) is 4.93. The average molecular weight is 467 g/mol. The maximum Gasteiger partial charge on any atom is 0.227 e. The number of aromatic amines is 1. The predicted molar refractivity (Wildman–Crippen MR) is 123 cm³/mol. The second-order valence-electron chi connectivity index (χ2n) is 7.69. The Labute approximate surface area is 194 Å². The van der Waals surface area contributed by atoms with E-state index in [1.165, 1.54) is 23.9 Å². The highest BCUT2D eigenvalue weighted by Crippen LogP contribution is 2.23. The number of benzene rings is 2. The molecule has 0 unspecified atom stereocenters. The Hall–Kier alpha value is -3.53. The molecule has 1 amide bonds. The van der Waals surface area contributed by atoms with Crippen molar-refractivity contribution in [1.82, 2.24) is 25.3 Å².